The van der Waals surface area contributed by atoms with Gasteiger partial charge in [-0.1, -0.05) is 22.0 Å². The van der Waals surface area contributed by atoms with Crippen molar-refractivity contribution in [3.05, 3.63) is 52.0 Å². The molecule has 0 aliphatic heterocycles. The van der Waals surface area contributed by atoms with Crippen LogP contribution in [0.3, 0.4) is 0 Å². The zero-order valence-electron chi connectivity index (χ0n) is 10.6. The maximum atomic E-state index is 13.5. The van der Waals surface area contributed by atoms with Crippen LogP contribution in [0.25, 0.3) is 0 Å². The lowest BCUT2D eigenvalue weighted by molar-refractivity contribution is 0.284. The summed E-state index contributed by atoms with van der Waals surface area (Å²) in [4.78, 5) is 0. The molecule has 0 radical (unpaired) electrons. The summed E-state index contributed by atoms with van der Waals surface area (Å²) in [7, 11) is 1.52. The predicted octanol–water partition coefficient (Wildman–Crippen LogP) is 3.90. The highest BCUT2D eigenvalue weighted by molar-refractivity contribution is 9.10. The van der Waals surface area contributed by atoms with Crippen LogP contribution in [0.2, 0.25) is 0 Å². The van der Waals surface area contributed by atoms with Crippen molar-refractivity contribution in [1.29, 1.82) is 0 Å². The van der Waals surface area contributed by atoms with Gasteiger partial charge in [-0.25, -0.2) is 4.39 Å². The highest BCUT2D eigenvalue weighted by Crippen LogP contribution is 2.27. The largest absolute Gasteiger partial charge is 0.495 e. The number of rotatable bonds is 4. The second-order valence-corrected chi connectivity index (χ2v) is 4.98. The van der Waals surface area contributed by atoms with E-state index in [1.54, 1.807) is 18.2 Å². The minimum absolute atomic E-state index is 0.0704. The van der Waals surface area contributed by atoms with E-state index in [4.69, 9.17) is 15.2 Å². The lowest BCUT2D eigenvalue weighted by Crippen LogP contribution is -2.01. The highest BCUT2D eigenvalue weighted by atomic mass is 79.9. The Bertz CT molecular complexity index is 635. The summed E-state index contributed by atoms with van der Waals surface area (Å²) in [6.45, 7) is 0.0704. The molecule has 0 aromatic heterocycles. The van der Waals surface area contributed by atoms with Crippen molar-refractivity contribution in [2.45, 2.75) is 6.61 Å². The van der Waals surface area contributed by atoms with Crippen LogP contribution < -0.4 is 15.2 Å². The Balaban J connectivity index is 2.15. The highest BCUT2D eigenvalue weighted by Gasteiger charge is 2.11. The molecule has 0 aliphatic rings. The molecule has 0 saturated heterocycles. The van der Waals surface area contributed by atoms with E-state index < -0.39 is 11.6 Å². The zero-order valence-corrected chi connectivity index (χ0v) is 12.2. The van der Waals surface area contributed by atoms with Gasteiger partial charge in [0.15, 0.2) is 11.6 Å². The zero-order chi connectivity index (χ0) is 14.7. The Morgan fingerprint density at radius 3 is 2.55 bits per heavy atom. The molecular weight excluding hydrogens is 332 g/mol. The molecule has 0 saturated carbocycles. The monoisotopic (exact) mass is 343 g/mol. The van der Waals surface area contributed by atoms with Crippen LogP contribution in [-0.4, -0.2) is 7.11 Å². The summed E-state index contributed by atoms with van der Waals surface area (Å²) in [5.41, 5.74) is 6.94. The number of methoxy groups -OCH3 is 1. The molecule has 3 nitrogen and oxygen atoms in total. The van der Waals surface area contributed by atoms with E-state index in [-0.39, 0.29) is 12.4 Å². The van der Waals surface area contributed by atoms with E-state index in [1.165, 1.54) is 13.2 Å². The Morgan fingerprint density at radius 2 is 1.90 bits per heavy atom. The lowest BCUT2D eigenvalue weighted by atomic mass is 10.2. The molecule has 2 N–H and O–H groups in total. The molecular formula is C14H12BrF2NO2. The molecule has 0 atom stereocenters. The van der Waals surface area contributed by atoms with Gasteiger partial charge in [-0.05, 0) is 29.8 Å². The average Bonchev–Trinajstić information content (AvgIpc) is 2.41. The van der Waals surface area contributed by atoms with Gasteiger partial charge in [0.1, 0.15) is 12.4 Å². The number of hydrogen-bond donors (Lipinski definition) is 1. The Morgan fingerprint density at radius 1 is 1.15 bits per heavy atom. The van der Waals surface area contributed by atoms with Gasteiger partial charge < -0.3 is 15.2 Å². The molecule has 2 aromatic carbocycles. The fraction of sp³-hybridized carbons (Fsp3) is 0.143. The van der Waals surface area contributed by atoms with Crippen LogP contribution in [0.5, 0.6) is 11.5 Å². The molecule has 0 fully saturated rings. The van der Waals surface area contributed by atoms with Crippen molar-refractivity contribution >= 4 is 21.6 Å². The molecule has 6 heteroatoms. The fourth-order valence-corrected chi connectivity index (χ4v) is 2.08. The number of halogens is 3. The first-order valence-electron chi connectivity index (χ1n) is 5.71. The third-order valence-electron chi connectivity index (χ3n) is 2.65. The first kappa shape index (κ1) is 14.6. The summed E-state index contributed by atoms with van der Waals surface area (Å²) in [6, 6.07) is 7.48. The second-order valence-electron chi connectivity index (χ2n) is 4.06. The van der Waals surface area contributed by atoms with Gasteiger partial charge in [0.25, 0.3) is 0 Å². The summed E-state index contributed by atoms with van der Waals surface area (Å²) < 4.78 is 37.4. The van der Waals surface area contributed by atoms with Crippen LogP contribution in [0.1, 0.15) is 5.56 Å². The van der Waals surface area contributed by atoms with Crippen molar-refractivity contribution in [3.63, 3.8) is 0 Å². The summed E-state index contributed by atoms with van der Waals surface area (Å²) in [5.74, 6) is -1.60. The third kappa shape index (κ3) is 3.19. The molecule has 2 aromatic rings. The SMILES string of the molecule is COc1ccc(COc2cc(Br)cc(F)c2F)cc1N. The number of benzene rings is 2. The quantitative estimate of drug-likeness (QED) is 0.676. The van der Waals surface area contributed by atoms with Crippen molar-refractivity contribution in [3.8, 4) is 11.5 Å². The van der Waals surface area contributed by atoms with E-state index in [0.29, 0.717) is 15.9 Å². The molecule has 0 amide bonds. The molecule has 0 unspecified atom stereocenters. The predicted molar refractivity (Wildman–Crippen MR) is 75.8 cm³/mol. The summed E-state index contributed by atoms with van der Waals surface area (Å²) in [5, 5.41) is 0. The van der Waals surface area contributed by atoms with Gasteiger partial charge in [-0.3, -0.25) is 0 Å². The maximum Gasteiger partial charge on any atom is 0.200 e. The second kappa shape index (κ2) is 6.09. The van der Waals surface area contributed by atoms with Crippen LogP contribution in [0, 0.1) is 11.6 Å². The molecule has 0 bridgehead atoms. The van der Waals surface area contributed by atoms with E-state index in [0.717, 1.165) is 11.6 Å². The van der Waals surface area contributed by atoms with Crippen LogP contribution >= 0.6 is 15.9 Å². The summed E-state index contributed by atoms with van der Waals surface area (Å²) in [6.07, 6.45) is 0. The minimum atomic E-state index is -1.02. The van der Waals surface area contributed by atoms with E-state index in [9.17, 15) is 8.78 Å². The van der Waals surface area contributed by atoms with E-state index in [2.05, 4.69) is 15.9 Å². The summed E-state index contributed by atoms with van der Waals surface area (Å²) >= 11 is 3.08. The number of hydrogen-bond acceptors (Lipinski definition) is 3. The number of anilines is 1. The number of nitrogens with two attached hydrogens (primary N) is 1. The average molecular weight is 344 g/mol. The van der Waals surface area contributed by atoms with Gasteiger partial charge in [0, 0.05) is 4.47 Å². The van der Waals surface area contributed by atoms with Crippen LogP contribution in [0.4, 0.5) is 14.5 Å². The Kier molecular flexibility index (Phi) is 4.44. The van der Waals surface area contributed by atoms with Crippen LogP contribution in [0.15, 0.2) is 34.8 Å². The van der Waals surface area contributed by atoms with Crippen molar-refractivity contribution < 1.29 is 18.3 Å². The van der Waals surface area contributed by atoms with E-state index in [1.807, 2.05) is 0 Å². The molecule has 20 heavy (non-hydrogen) atoms. The van der Waals surface area contributed by atoms with E-state index >= 15 is 0 Å². The first-order chi connectivity index (χ1) is 9.51. The normalized spacial score (nSPS) is 10.4. The fourth-order valence-electron chi connectivity index (χ4n) is 1.67. The molecule has 2 rings (SSSR count). The topological polar surface area (TPSA) is 44.5 Å². The maximum absolute atomic E-state index is 13.5. The van der Waals surface area contributed by atoms with Gasteiger partial charge in [0.05, 0.1) is 12.8 Å². The van der Waals surface area contributed by atoms with Crippen molar-refractivity contribution in [1.82, 2.24) is 0 Å². The standard InChI is InChI=1S/C14H12BrF2NO2/c1-19-12-3-2-8(4-11(12)18)7-20-13-6-9(15)5-10(16)14(13)17/h2-6H,7,18H2,1H3. The first-order valence-corrected chi connectivity index (χ1v) is 6.50. The van der Waals surface area contributed by atoms with Crippen molar-refractivity contribution in [2.24, 2.45) is 0 Å². The number of nitrogen functional groups attached to an aromatic ring is 1. The molecule has 0 spiro atoms. The Hall–Kier alpha value is -1.82. The van der Waals surface area contributed by atoms with Gasteiger partial charge in [-0.2, -0.15) is 4.39 Å². The third-order valence-corrected chi connectivity index (χ3v) is 3.11. The Labute approximate surface area is 123 Å². The van der Waals surface area contributed by atoms with Gasteiger partial charge >= 0.3 is 0 Å². The van der Waals surface area contributed by atoms with Gasteiger partial charge in [0.2, 0.25) is 5.82 Å². The number of ether oxygens (including phenoxy) is 2. The molecule has 0 aliphatic carbocycles. The van der Waals surface area contributed by atoms with Gasteiger partial charge in [-0.15, -0.1) is 0 Å². The smallest absolute Gasteiger partial charge is 0.200 e. The van der Waals surface area contributed by atoms with Crippen molar-refractivity contribution in [2.75, 3.05) is 12.8 Å². The minimum Gasteiger partial charge on any atom is -0.495 e. The lowest BCUT2D eigenvalue weighted by Gasteiger charge is -2.10. The molecule has 106 valence electrons. The molecule has 0 heterocycles. The van der Waals surface area contributed by atoms with Crippen LogP contribution in [-0.2, 0) is 6.61 Å².